The molecule has 0 atom stereocenters. The number of rotatable bonds is 9. The van der Waals surface area contributed by atoms with Crippen LogP contribution in [0.2, 0.25) is 0 Å². The maximum absolute atomic E-state index is 4.84. The zero-order valence-corrected chi connectivity index (χ0v) is 19.1. The van der Waals surface area contributed by atoms with Crippen molar-refractivity contribution in [3.8, 4) is 22.5 Å². The first kappa shape index (κ1) is 21.6. The molecule has 0 amide bonds. The molecular weight excluding hydrogens is 424 g/mol. The van der Waals surface area contributed by atoms with Crippen molar-refractivity contribution < 1.29 is 0 Å². The van der Waals surface area contributed by atoms with Crippen LogP contribution in [0.3, 0.4) is 0 Å². The van der Waals surface area contributed by atoms with Gasteiger partial charge in [0.2, 0.25) is 0 Å². The second-order valence-corrected chi connectivity index (χ2v) is 8.21. The Bertz CT molecular complexity index is 1330. The number of nitrogens with one attached hydrogen (secondary N) is 1. The van der Waals surface area contributed by atoms with Gasteiger partial charge in [0, 0.05) is 36.4 Å². The second-order valence-electron chi connectivity index (χ2n) is 8.21. The highest BCUT2D eigenvalue weighted by molar-refractivity contribution is 5.79. The van der Waals surface area contributed by atoms with Crippen molar-refractivity contribution in [2.75, 3.05) is 0 Å². The molecule has 0 aliphatic carbocycles. The molecule has 0 unspecified atom stereocenters. The standard InChI is InChI=1S/C26H26N8/c1-2-6-25-28-24(14-11-19-7-4-3-5-8-19)31-34(25)18-20-9-12-21(13-10-20)23-17-27-16-15-22(23)26-29-32-33-30-26/h3-5,7-10,12-13,15-17H,2,6,11,14,18H2,1H3,(H,29,30,32,33). The van der Waals surface area contributed by atoms with E-state index in [1.54, 1.807) is 6.20 Å². The summed E-state index contributed by atoms with van der Waals surface area (Å²) in [6.07, 6.45) is 7.32. The van der Waals surface area contributed by atoms with Gasteiger partial charge in [0.1, 0.15) is 5.82 Å². The molecule has 0 aliphatic heterocycles. The molecule has 0 aliphatic rings. The lowest BCUT2D eigenvalue weighted by Gasteiger charge is -2.09. The lowest BCUT2D eigenvalue weighted by molar-refractivity contribution is 0.624. The third-order valence-corrected chi connectivity index (χ3v) is 5.76. The molecule has 0 radical (unpaired) electrons. The molecule has 34 heavy (non-hydrogen) atoms. The van der Waals surface area contributed by atoms with Crippen molar-refractivity contribution in [1.29, 1.82) is 0 Å². The Morgan fingerprint density at radius 1 is 0.853 bits per heavy atom. The topological polar surface area (TPSA) is 98.1 Å². The monoisotopic (exact) mass is 450 g/mol. The Kier molecular flexibility index (Phi) is 6.47. The zero-order chi connectivity index (χ0) is 23.2. The van der Waals surface area contributed by atoms with E-state index in [0.29, 0.717) is 12.4 Å². The predicted molar refractivity (Wildman–Crippen MR) is 130 cm³/mol. The fourth-order valence-corrected chi connectivity index (χ4v) is 4.03. The summed E-state index contributed by atoms with van der Waals surface area (Å²) in [5, 5.41) is 19.1. The van der Waals surface area contributed by atoms with Crippen molar-refractivity contribution >= 4 is 0 Å². The molecule has 5 rings (SSSR count). The maximum atomic E-state index is 4.84. The van der Waals surface area contributed by atoms with E-state index in [9.17, 15) is 0 Å². The molecule has 0 bridgehead atoms. The largest absolute Gasteiger partial charge is 0.264 e. The van der Waals surface area contributed by atoms with Crippen LogP contribution in [-0.2, 0) is 25.8 Å². The minimum absolute atomic E-state index is 0.622. The van der Waals surface area contributed by atoms with E-state index in [2.05, 4.69) is 85.7 Å². The Morgan fingerprint density at radius 3 is 2.47 bits per heavy atom. The van der Waals surface area contributed by atoms with Gasteiger partial charge >= 0.3 is 0 Å². The van der Waals surface area contributed by atoms with Gasteiger partial charge in [0.15, 0.2) is 11.6 Å². The molecule has 2 aromatic carbocycles. The van der Waals surface area contributed by atoms with E-state index in [1.165, 1.54) is 11.1 Å². The SMILES string of the molecule is CCCc1nc(CCc2ccccc2)nn1Cc1ccc(-c2cnccc2-c2nnn[nH]2)cc1. The molecule has 5 aromatic rings. The number of aryl methyl sites for hydroxylation is 3. The highest BCUT2D eigenvalue weighted by Gasteiger charge is 2.13. The normalized spacial score (nSPS) is 11.1. The fourth-order valence-electron chi connectivity index (χ4n) is 4.03. The van der Waals surface area contributed by atoms with Gasteiger partial charge in [-0.05, 0) is 46.0 Å². The summed E-state index contributed by atoms with van der Waals surface area (Å²) in [6.45, 7) is 2.87. The Morgan fingerprint density at radius 2 is 1.71 bits per heavy atom. The summed E-state index contributed by atoms with van der Waals surface area (Å²) < 4.78 is 2.05. The van der Waals surface area contributed by atoms with Crippen molar-refractivity contribution in [1.82, 2.24) is 40.4 Å². The Hall–Kier alpha value is -4.20. The van der Waals surface area contributed by atoms with E-state index in [-0.39, 0.29) is 0 Å². The van der Waals surface area contributed by atoms with Gasteiger partial charge in [-0.2, -0.15) is 5.10 Å². The second kappa shape index (κ2) is 10.2. The van der Waals surface area contributed by atoms with Gasteiger partial charge in [-0.3, -0.25) is 4.98 Å². The van der Waals surface area contributed by atoms with E-state index < -0.39 is 0 Å². The average molecular weight is 451 g/mol. The van der Waals surface area contributed by atoms with Crippen LogP contribution in [-0.4, -0.2) is 40.4 Å². The number of hydrogen-bond acceptors (Lipinski definition) is 6. The van der Waals surface area contributed by atoms with Crippen molar-refractivity contribution in [2.45, 2.75) is 39.2 Å². The zero-order valence-electron chi connectivity index (χ0n) is 19.1. The maximum Gasteiger partial charge on any atom is 0.180 e. The van der Waals surface area contributed by atoms with Crippen LogP contribution < -0.4 is 0 Å². The minimum atomic E-state index is 0.622. The van der Waals surface area contributed by atoms with Gasteiger partial charge in [0.05, 0.1) is 6.54 Å². The average Bonchev–Trinajstić information content (AvgIpc) is 3.55. The number of H-pyrrole nitrogens is 1. The van der Waals surface area contributed by atoms with Crippen molar-refractivity contribution in [2.24, 2.45) is 0 Å². The summed E-state index contributed by atoms with van der Waals surface area (Å²) in [5.74, 6) is 2.57. The van der Waals surface area contributed by atoms with Gasteiger partial charge < -0.3 is 0 Å². The number of pyridine rings is 1. The lowest BCUT2D eigenvalue weighted by atomic mass is 10.0. The number of aromatic amines is 1. The number of hydrogen-bond donors (Lipinski definition) is 1. The third kappa shape index (κ3) is 4.91. The van der Waals surface area contributed by atoms with Crippen molar-refractivity contribution in [3.05, 3.63) is 95.8 Å². The highest BCUT2D eigenvalue weighted by atomic mass is 15.5. The van der Waals surface area contributed by atoms with Gasteiger partial charge in [-0.1, -0.05) is 61.5 Å². The smallest absolute Gasteiger partial charge is 0.180 e. The summed E-state index contributed by atoms with van der Waals surface area (Å²) in [6, 6.07) is 20.9. The summed E-state index contributed by atoms with van der Waals surface area (Å²) >= 11 is 0. The molecule has 8 heteroatoms. The first-order valence-electron chi connectivity index (χ1n) is 11.5. The molecule has 3 heterocycles. The summed E-state index contributed by atoms with van der Waals surface area (Å²) in [7, 11) is 0. The van der Waals surface area contributed by atoms with Crippen LogP contribution in [0.4, 0.5) is 0 Å². The predicted octanol–water partition coefficient (Wildman–Crippen LogP) is 4.31. The van der Waals surface area contributed by atoms with Crippen LogP contribution in [0.5, 0.6) is 0 Å². The van der Waals surface area contributed by atoms with E-state index in [4.69, 9.17) is 10.1 Å². The molecule has 0 spiro atoms. The molecule has 0 saturated heterocycles. The van der Waals surface area contributed by atoms with Crippen molar-refractivity contribution in [3.63, 3.8) is 0 Å². The minimum Gasteiger partial charge on any atom is -0.264 e. The molecule has 8 nitrogen and oxygen atoms in total. The first-order chi connectivity index (χ1) is 16.8. The van der Waals surface area contributed by atoms with Crippen LogP contribution >= 0.6 is 0 Å². The summed E-state index contributed by atoms with van der Waals surface area (Å²) in [5.41, 5.74) is 5.43. The van der Waals surface area contributed by atoms with Crippen LogP contribution in [0.15, 0.2) is 73.1 Å². The molecule has 0 saturated carbocycles. The van der Waals surface area contributed by atoms with E-state index in [1.807, 2.05) is 18.3 Å². The van der Waals surface area contributed by atoms with Gasteiger partial charge in [-0.15, -0.1) is 5.10 Å². The highest BCUT2D eigenvalue weighted by Crippen LogP contribution is 2.29. The van der Waals surface area contributed by atoms with Gasteiger partial charge in [-0.25, -0.2) is 14.8 Å². The van der Waals surface area contributed by atoms with Crippen LogP contribution in [0.1, 0.15) is 36.1 Å². The van der Waals surface area contributed by atoms with Crippen LogP contribution in [0.25, 0.3) is 22.5 Å². The molecule has 3 aromatic heterocycles. The third-order valence-electron chi connectivity index (χ3n) is 5.76. The first-order valence-corrected chi connectivity index (χ1v) is 11.5. The molecule has 170 valence electrons. The molecule has 0 fully saturated rings. The fraction of sp³-hybridized carbons (Fsp3) is 0.231. The van der Waals surface area contributed by atoms with Crippen LogP contribution in [0, 0.1) is 0 Å². The lowest BCUT2D eigenvalue weighted by Crippen LogP contribution is -2.07. The van der Waals surface area contributed by atoms with E-state index >= 15 is 0 Å². The van der Waals surface area contributed by atoms with E-state index in [0.717, 1.165) is 54.0 Å². The number of benzene rings is 2. The molecular formula is C26H26N8. The Labute approximate surface area is 198 Å². The quantitative estimate of drug-likeness (QED) is 0.359. The number of aromatic nitrogens is 8. The molecule has 1 N–H and O–H groups in total. The Balaban J connectivity index is 1.34. The number of nitrogens with zero attached hydrogens (tertiary/aromatic N) is 7. The summed E-state index contributed by atoms with van der Waals surface area (Å²) in [4.78, 5) is 9.13. The van der Waals surface area contributed by atoms with Gasteiger partial charge in [0.25, 0.3) is 0 Å². The number of tetrazole rings is 1.